The van der Waals surface area contributed by atoms with Gasteiger partial charge in [0.2, 0.25) is 12.4 Å². The first-order valence-electron chi connectivity index (χ1n) is 11.0. The first-order chi connectivity index (χ1) is 16.9. The predicted molar refractivity (Wildman–Crippen MR) is 120 cm³/mol. The molecule has 0 aliphatic carbocycles. The highest BCUT2D eigenvalue weighted by Gasteiger charge is 2.53. The molecule has 0 spiro atoms. The molecule has 1 fully saturated rings. The highest BCUT2D eigenvalue weighted by atomic mass is 16.7. The van der Waals surface area contributed by atoms with Gasteiger partial charge in [0, 0.05) is 45.2 Å². The molecule has 0 amide bonds. The number of hydrogen-bond donors (Lipinski definition) is 0. The molecule has 1 aliphatic rings. The second-order valence-electron chi connectivity index (χ2n) is 8.09. The second kappa shape index (κ2) is 11.2. The number of hydrogen-bond acceptors (Lipinski definition) is 12. The van der Waals surface area contributed by atoms with Crippen molar-refractivity contribution in [2.45, 2.75) is 65.3 Å². The predicted octanol–water partition coefficient (Wildman–Crippen LogP) is 1.56. The first kappa shape index (κ1) is 26.7. The average molecular weight is 506 g/mol. The molecule has 5 atom stereocenters. The van der Waals surface area contributed by atoms with Crippen LogP contribution in [0.3, 0.4) is 0 Å². The van der Waals surface area contributed by atoms with E-state index in [0.717, 1.165) is 20.8 Å². The normalized spacial score (nSPS) is 23.4. The Morgan fingerprint density at radius 2 is 1.44 bits per heavy atom. The van der Waals surface area contributed by atoms with Gasteiger partial charge >= 0.3 is 29.5 Å². The van der Waals surface area contributed by atoms with Gasteiger partial charge in [-0.1, -0.05) is 0 Å². The molecule has 0 bridgehead atoms. The van der Waals surface area contributed by atoms with Crippen LogP contribution >= 0.6 is 0 Å². The van der Waals surface area contributed by atoms with E-state index in [1.165, 1.54) is 19.1 Å². The fourth-order valence-corrected chi connectivity index (χ4v) is 3.80. The zero-order valence-electron chi connectivity index (χ0n) is 20.3. The number of ether oxygens (including phenoxy) is 6. The Bertz CT molecular complexity index is 1220. The van der Waals surface area contributed by atoms with Crippen LogP contribution in [-0.4, -0.2) is 61.2 Å². The maximum absolute atomic E-state index is 11.9. The van der Waals surface area contributed by atoms with Crippen LogP contribution in [0, 0.1) is 6.92 Å². The zero-order chi connectivity index (χ0) is 26.6. The van der Waals surface area contributed by atoms with E-state index < -0.39 is 60.2 Å². The molecular weight excluding hydrogens is 480 g/mol. The van der Waals surface area contributed by atoms with E-state index >= 15 is 0 Å². The summed E-state index contributed by atoms with van der Waals surface area (Å²) < 4.78 is 38.2. The van der Waals surface area contributed by atoms with E-state index in [-0.39, 0.29) is 17.9 Å². The molecule has 0 N–H and O–H groups in total. The van der Waals surface area contributed by atoms with Crippen molar-refractivity contribution in [3.05, 3.63) is 40.2 Å². The number of benzene rings is 1. The van der Waals surface area contributed by atoms with Crippen molar-refractivity contribution in [2.24, 2.45) is 0 Å². The number of aryl methyl sites for hydroxylation is 1. The van der Waals surface area contributed by atoms with Crippen molar-refractivity contribution in [3.8, 4) is 5.75 Å². The van der Waals surface area contributed by atoms with Crippen molar-refractivity contribution < 1.29 is 52.0 Å². The van der Waals surface area contributed by atoms with Crippen LogP contribution in [0.1, 0.15) is 33.3 Å². The molecule has 1 saturated heterocycles. The van der Waals surface area contributed by atoms with Gasteiger partial charge in [-0.2, -0.15) is 0 Å². The molecular formula is C24H26O12. The molecule has 1 aromatic carbocycles. The third-order valence-corrected chi connectivity index (χ3v) is 5.12. The van der Waals surface area contributed by atoms with Gasteiger partial charge in [0.25, 0.3) is 0 Å². The maximum atomic E-state index is 11.9. The molecule has 12 heteroatoms. The molecule has 1 aliphatic heterocycles. The number of fused-ring (bicyclic) bond motifs is 1. The Kier molecular flexibility index (Phi) is 8.30. The molecule has 0 saturated carbocycles. The lowest BCUT2D eigenvalue weighted by atomic mass is 9.98. The molecule has 0 unspecified atom stereocenters. The average Bonchev–Trinajstić information content (AvgIpc) is 2.75. The number of carbonyl (C=O) groups is 4. The third kappa shape index (κ3) is 6.60. The van der Waals surface area contributed by atoms with E-state index in [1.807, 2.05) is 0 Å². The molecule has 3 rings (SSSR count). The highest BCUT2D eigenvalue weighted by molar-refractivity contribution is 5.81. The van der Waals surface area contributed by atoms with Gasteiger partial charge in [0.15, 0.2) is 12.2 Å². The van der Waals surface area contributed by atoms with E-state index in [9.17, 15) is 24.0 Å². The quantitative estimate of drug-likeness (QED) is 0.304. The van der Waals surface area contributed by atoms with Crippen molar-refractivity contribution in [3.63, 3.8) is 0 Å². The van der Waals surface area contributed by atoms with Crippen LogP contribution in [0.4, 0.5) is 0 Å². The Morgan fingerprint density at radius 1 is 0.833 bits per heavy atom. The van der Waals surface area contributed by atoms with Gasteiger partial charge in [0.1, 0.15) is 24.0 Å². The largest absolute Gasteiger partial charge is 0.463 e. The smallest absolute Gasteiger partial charge is 0.336 e. The minimum atomic E-state index is -1.40. The van der Waals surface area contributed by atoms with Crippen LogP contribution in [0.25, 0.3) is 11.0 Å². The summed E-state index contributed by atoms with van der Waals surface area (Å²) in [6.07, 6.45) is -6.61. The van der Waals surface area contributed by atoms with Crippen LogP contribution in [-0.2, 0) is 42.9 Å². The van der Waals surface area contributed by atoms with Crippen molar-refractivity contribution >= 4 is 34.8 Å². The lowest BCUT2D eigenvalue weighted by molar-refractivity contribution is -0.288. The fourth-order valence-electron chi connectivity index (χ4n) is 3.80. The summed E-state index contributed by atoms with van der Waals surface area (Å²) in [4.78, 5) is 58.9. The SMILES string of the molecule is CC(=O)OC[C@H]1O[C@@H](Oc2ccc3c(C)cc(=O)oc3c2)[C@H](OC(C)=O)[C@@H](OC(C)=O)[C@@H]1OC(C)=O. The fraction of sp³-hybridized carbons (Fsp3) is 0.458. The summed E-state index contributed by atoms with van der Waals surface area (Å²) in [6.45, 7) is 5.91. The summed E-state index contributed by atoms with van der Waals surface area (Å²) >= 11 is 0. The van der Waals surface area contributed by atoms with Crippen LogP contribution in [0.5, 0.6) is 5.75 Å². The van der Waals surface area contributed by atoms with Gasteiger partial charge in [-0.15, -0.1) is 0 Å². The molecule has 36 heavy (non-hydrogen) atoms. The second-order valence-corrected chi connectivity index (χ2v) is 8.09. The molecule has 194 valence electrons. The maximum Gasteiger partial charge on any atom is 0.336 e. The molecule has 12 nitrogen and oxygen atoms in total. The van der Waals surface area contributed by atoms with E-state index in [0.29, 0.717) is 10.9 Å². The lowest BCUT2D eigenvalue weighted by Crippen LogP contribution is -2.63. The summed E-state index contributed by atoms with van der Waals surface area (Å²) in [6, 6.07) is 6.03. The van der Waals surface area contributed by atoms with Gasteiger partial charge in [-0.25, -0.2) is 4.79 Å². The van der Waals surface area contributed by atoms with E-state index in [4.69, 9.17) is 32.8 Å². The molecule has 2 aromatic rings. The Morgan fingerprint density at radius 3 is 2.06 bits per heavy atom. The Balaban J connectivity index is 2.02. The van der Waals surface area contributed by atoms with Gasteiger partial charge < -0.3 is 32.8 Å². The number of carbonyl (C=O) groups excluding carboxylic acids is 4. The Labute approximate surface area is 205 Å². The molecule has 2 heterocycles. The molecule has 0 radical (unpaired) electrons. The first-order valence-corrected chi connectivity index (χ1v) is 11.0. The summed E-state index contributed by atoms with van der Waals surface area (Å²) in [5.74, 6) is -2.73. The highest BCUT2D eigenvalue weighted by Crippen LogP contribution is 2.32. The summed E-state index contributed by atoms with van der Waals surface area (Å²) in [5, 5.41) is 0.670. The van der Waals surface area contributed by atoms with Gasteiger partial charge in [0.05, 0.1) is 0 Å². The number of esters is 4. The van der Waals surface area contributed by atoms with Crippen molar-refractivity contribution in [2.75, 3.05) is 6.61 Å². The zero-order valence-corrected chi connectivity index (χ0v) is 20.3. The standard InChI is InChI=1S/C24H26O12/c1-11-8-20(29)35-18-9-16(6-7-17(11)18)34-24-23(33-15(5)28)22(32-14(4)27)21(31-13(3)26)19(36-24)10-30-12(2)25/h6-9,19,21-24H,10H2,1-5H3/t19-,21-,22+,23-,24-/m1/s1. The van der Waals surface area contributed by atoms with E-state index in [2.05, 4.69) is 0 Å². The van der Waals surface area contributed by atoms with Gasteiger partial charge in [-0.05, 0) is 24.6 Å². The van der Waals surface area contributed by atoms with E-state index in [1.54, 1.807) is 19.1 Å². The minimum absolute atomic E-state index is 0.164. The Hall–Kier alpha value is -3.93. The molecule has 1 aromatic heterocycles. The minimum Gasteiger partial charge on any atom is -0.463 e. The van der Waals surface area contributed by atoms with Gasteiger partial charge in [-0.3, -0.25) is 19.2 Å². The monoisotopic (exact) mass is 506 g/mol. The summed E-state index contributed by atoms with van der Waals surface area (Å²) in [7, 11) is 0. The van der Waals surface area contributed by atoms with Crippen molar-refractivity contribution in [1.82, 2.24) is 0 Å². The number of rotatable bonds is 7. The topological polar surface area (TPSA) is 154 Å². The third-order valence-electron chi connectivity index (χ3n) is 5.12. The van der Waals surface area contributed by atoms with Crippen LogP contribution in [0.15, 0.2) is 33.5 Å². The van der Waals surface area contributed by atoms with Crippen LogP contribution < -0.4 is 10.4 Å². The lowest BCUT2D eigenvalue weighted by Gasteiger charge is -2.43. The van der Waals surface area contributed by atoms with Crippen LogP contribution in [0.2, 0.25) is 0 Å². The van der Waals surface area contributed by atoms with Crippen molar-refractivity contribution in [1.29, 1.82) is 0 Å². The summed E-state index contributed by atoms with van der Waals surface area (Å²) in [5.41, 5.74) is 0.382.